The van der Waals surface area contributed by atoms with Crippen molar-refractivity contribution >= 4 is 16.6 Å². The first-order chi connectivity index (χ1) is 11.0. The molecule has 0 spiro atoms. The molecule has 0 radical (unpaired) electrons. The molecule has 7 heteroatoms. The molecule has 0 saturated carbocycles. The van der Waals surface area contributed by atoms with Gasteiger partial charge in [-0.2, -0.15) is 0 Å². The quantitative estimate of drug-likeness (QED) is 0.459. The van der Waals surface area contributed by atoms with Crippen LogP contribution >= 0.6 is 0 Å². The van der Waals surface area contributed by atoms with Crippen molar-refractivity contribution in [3.05, 3.63) is 68.9 Å². The first-order valence-electron chi connectivity index (χ1n) is 7.12. The Kier molecular flexibility index (Phi) is 5.43. The second-order valence-electron chi connectivity index (χ2n) is 5.05. The number of nitrogens with one attached hydrogen (secondary N) is 1. The summed E-state index contributed by atoms with van der Waals surface area (Å²) in [4.78, 5) is 38.7. The van der Waals surface area contributed by atoms with E-state index in [0.717, 1.165) is 9.95 Å². The molecule has 6 nitrogen and oxygen atoms in total. The fraction of sp³-hybridized carbons (Fsp3) is 0.118. The van der Waals surface area contributed by atoms with Crippen LogP contribution < -0.4 is 45.9 Å². The predicted octanol–water partition coefficient (Wildman–Crippen LogP) is -1.65. The zero-order valence-corrected chi connectivity index (χ0v) is 15.3. The van der Waals surface area contributed by atoms with Gasteiger partial charge in [-0.15, -0.1) is 0 Å². The second-order valence-corrected chi connectivity index (χ2v) is 5.05. The van der Waals surface area contributed by atoms with E-state index >= 15 is 0 Å². The third-order valence-corrected chi connectivity index (χ3v) is 3.68. The van der Waals surface area contributed by atoms with Crippen LogP contribution in [0.5, 0.6) is 5.88 Å². The number of nitrogens with zero attached hydrogens (tertiary/aromatic N) is 1. The largest absolute Gasteiger partial charge is 1.00 e. The van der Waals surface area contributed by atoms with Gasteiger partial charge in [0.25, 0.3) is 5.56 Å². The smallest absolute Gasteiger partial charge is 0.859 e. The maximum Gasteiger partial charge on any atom is 1.00 e. The molecule has 0 bridgehead atoms. The molecule has 0 atom stereocenters. The molecule has 3 rings (SSSR count). The van der Waals surface area contributed by atoms with Crippen LogP contribution in [0, 0.1) is 0 Å². The maximum absolute atomic E-state index is 12.6. The van der Waals surface area contributed by atoms with E-state index in [4.69, 9.17) is 0 Å². The van der Waals surface area contributed by atoms with Gasteiger partial charge in [0, 0.05) is 11.8 Å². The van der Waals surface area contributed by atoms with E-state index in [2.05, 4.69) is 4.98 Å². The number of hydrogen-bond acceptors (Lipinski definition) is 4. The Morgan fingerprint density at radius 2 is 1.79 bits per heavy atom. The number of carbonyl (C=O) groups excluding carboxylic acids is 1. The number of H-pyrrole nitrogens is 1. The van der Waals surface area contributed by atoms with Crippen molar-refractivity contribution in [2.45, 2.75) is 13.3 Å². The van der Waals surface area contributed by atoms with E-state index in [1.165, 1.54) is 0 Å². The second kappa shape index (κ2) is 7.17. The molecular formula is C17H13N2NaO4. The molecule has 1 N–H and O–H groups in total. The summed E-state index contributed by atoms with van der Waals surface area (Å²) in [6.07, 6.45) is 0.00601. The molecule has 116 valence electrons. The van der Waals surface area contributed by atoms with Gasteiger partial charge in [-0.1, -0.05) is 43.3 Å². The van der Waals surface area contributed by atoms with Crippen LogP contribution in [0.3, 0.4) is 0 Å². The summed E-state index contributed by atoms with van der Waals surface area (Å²) in [5.41, 5.74) is -1.93. The summed E-state index contributed by atoms with van der Waals surface area (Å²) in [5.74, 6) is -1.53. The number of rotatable bonds is 3. The minimum atomic E-state index is -0.941. The Bertz CT molecular complexity index is 1030. The van der Waals surface area contributed by atoms with Crippen molar-refractivity contribution in [1.82, 2.24) is 9.55 Å². The first-order valence-corrected chi connectivity index (χ1v) is 7.12. The zero-order chi connectivity index (χ0) is 16.6. The molecular weight excluding hydrogens is 319 g/mol. The van der Waals surface area contributed by atoms with Gasteiger partial charge in [-0.25, -0.2) is 9.36 Å². The van der Waals surface area contributed by atoms with E-state index in [1.54, 1.807) is 31.2 Å². The number of hydrogen-bond donors (Lipinski definition) is 1. The van der Waals surface area contributed by atoms with Crippen molar-refractivity contribution in [1.29, 1.82) is 0 Å². The summed E-state index contributed by atoms with van der Waals surface area (Å²) in [6, 6.07) is 12.4. The van der Waals surface area contributed by atoms with Crippen molar-refractivity contribution < 1.29 is 39.5 Å². The standard InChI is InChI=1S/C17H14N2O4.Na/c1-2-13(20)14-15(21)18-17(23)19(16(14)22)12-9-5-7-10-6-3-4-8-11(10)12;/h3-9,21H,2H2,1H3,(H,18,23);/q;+1/p-1. The van der Waals surface area contributed by atoms with E-state index in [0.29, 0.717) is 11.1 Å². The van der Waals surface area contributed by atoms with Gasteiger partial charge in [-0.05, 0) is 17.3 Å². The van der Waals surface area contributed by atoms with Gasteiger partial charge in [0.05, 0.1) is 11.3 Å². The molecule has 0 aliphatic rings. The molecule has 0 saturated heterocycles. The van der Waals surface area contributed by atoms with Gasteiger partial charge in [-0.3, -0.25) is 9.59 Å². The normalized spacial score (nSPS) is 10.4. The zero-order valence-electron chi connectivity index (χ0n) is 13.3. The van der Waals surface area contributed by atoms with Gasteiger partial charge in [0.2, 0.25) is 0 Å². The first kappa shape index (κ1) is 18.2. The third kappa shape index (κ3) is 2.96. The average Bonchev–Trinajstić information content (AvgIpc) is 2.54. The van der Waals surface area contributed by atoms with E-state index in [1.807, 2.05) is 18.2 Å². The van der Waals surface area contributed by atoms with E-state index in [9.17, 15) is 19.5 Å². The summed E-state index contributed by atoms with van der Waals surface area (Å²) in [7, 11) is 0. The number of ketones is 1. The van der Waals surface area contributed by atoms with Crippen LogP contribution in [0.4, 0.5) is 0 Å². The Labute approximate surface area is 159 Å². The molecule has 1 heterocycles. The summed E-state index contributed by atoms with van der Waals surface area (Å²) < 4.78 is 0.840. The molecule has 2 aromatic carbocycles. The molecule has 0 aliphatic heterocycles. The molecule has 0 aliphatic carbocycles. The van der Waals surface area contributed by atoms with E-state index < -0.39 is 28.5 Å². The Morgan fingerprint density at radius 1 is 1.12 bits per heavy atom. The average molecular weight is 332 g/mol. The topological polar surface area (TPSA) is 95.0 Å². The molecule has 0 unspecified atom stereocenters. The fourth-order valence-corrected chi connectivity index (χ4v) is 2.56. The van der Waals surface area contributed by atoms with Crippen molar-refractivity contribution in [3.8, 4) is 11.6 Å². The molecule has 0 fully saturated rings. The summed E-state index contributed by atoms with van der Waals surface area (Å²) >= 11 is 0. The van der Waals surface area contributed by atoms with Crippen molar-refractivity contribution in [2.75, 3.05) is 0 Å². The minimum Gasteiger partial charge on any atom is -0.859 e. The number of Topliss-reactive ketones (excluding diaryl/α,β-unsaturated/α-hetero) is 1. The number of aromatic amines is 1. The number of benzene rings is 2. The van der Waals surface area contributed by atoms with Crippen LogP contribution in [0.15, 0.2) is 52.1 Å². The number of fused-ring (bicyclic) bond motifs is 1. The minimum absolute atomic E-state index is 0. The monoisotopic (exact) mass is 332 g/mol. The van der Waals surface area contributed by atoms with Crippen molar-refractivity contribution in [3.63, 3.8) is 0 Å². The van der Waals surface area contributed by atoms with Crippen LogP contribution in [-0.2, 0) is 0 Å². The maximum atomic E-state index is 12.6. The van der Waals surface area contributed by atoms with Crippen LogP contribution in [0.2, 0.25) is 0 Å². The number of aromatic nitrogens is 2. The summed E-state index contributed by atoms with van der Waals surface area (Å²) in [6.45, 7) is 1.55. The Balaban J connectivity index is 0.00000208. The van der Waals surface area contributed by atoms with Gasteiger partial charge in [0.15, 0.2) is 5.78 Å². The van der Waals surface area contributed by atoms with Crippen LogP contribution in [0.1, 0.15) is 23.7 Å². The van der Waals surface area contributed by atoms with Gasteiger partial charge >= 0.3 is 35.2 Å². The Morgan fingerprint density at radius 3 is 2.50 bits per heavy atom. The van der Waals surface area contributed by atoms with Gasteiger partial charge in [0.1, 0.15) is 0 Å². The summed E-state index contributed by atoms with van der Waals surface area (Å²) in [5, 5.41) is 13.3. The third-order valence-electron chi connectivity index (χ3n) is 3.68. The van der Waals surface area contributed by atoms with Crippen LogP contribution in [-0.4, -0.2) is 15.3 Å². The molecule has 24 heavy (non-hydrogen) atoms. The predicted molar refractivity (Wildman–Crippen MR) is 84.2 cm³/mol. The SMILES string of the molecule is CCC(=O)c1c([O-])[nH]c(=O)n(-c2cccc3ccccc23)c1=O.[Na+]. The fourth-order valence-electron chi connectivity index (χ4n) is 2.56. The number of carbonyl (C=O) groups is 1. The molecule has 0 amide bonds. The van der Waals surface area contributed by atoms with E-state index in [-0.39, 0.29) is 36.0 Å². The van der Waals surface area contributed by atoms with Crippen LogP contribution in [0.25, 0.3) is 16.5 Å². The van der Waals surface area contributed by atoms with Gasteiger partial charge < -0.3 is 10.1 Å². The Hall–Kier alpha value is -2.15. The molecule has 3 aromatic rings. The molecule has 1 aromatic heterocycles. The van der Waals surface area contributed by atoms with Crippen molar-refractivity contribution in [2.24, 2.45) is 0 Å².